The molecule has 0 amide bonds. The summed E-state index contributed by atoms with van der Waals surface area (Å²) in [7, 11) is 1.66. The summed E-state index contributed by atoms with van der Waals surface area (Å²) in [6, 6.07) is 13.6. The van der Waals surface area contributed by atoms with E-state index in [4.69, 9.17) is 0 Å². The lowest BCUT2D eigenvalue weighted by Crippen LogP contribution is -2.38. The number of nitrogens with zero attached hydrogens (tertiary/aromatic N) is 1. The van der Waals surface area contributed by atoms with Crippen LogP contribution in [0.25, 0.3) is 0 Å². The Morgan fingerprint density at radius 3 is 2.48 bits per heavy atom. The normalized spacial score (nSPS) is 20.2. The predicted molar refractivity (Wildman–Crippen MR) is 87.3 cm³/mol. The van der Waals surface area contributed by atoms with E-state index in [1.807, 2.05) is 12.1 Å². The first-order valence-electron chi connectivity index (χ1n) is 7.64. The van der Waals surface area contributed by atoms with Crippen molar-refractivity contribution in [1.82, 2.24) is 10.6 Å². The molecule has 2 unspecified atom stereocenters. The zero-order chi connectivity index (χ0) is 16.2. The Bertz CT molecular complexity index is 715. The second-order valence-corrected chi connectivity index (χ2v) is 5.63. The van der Waals surface area contributed by atoms with E-state index in [1.165, 1.54) is 12.1 Å². The summed E-state index contributed by atoms with van der Waals surface area (Å²) >= 11 is 0. The maximum absolute atomic E-state index is 13.8. The van der Waals surface area contributed by atoms with E-state index >= 15 is 0 Å². The Labute approximate surface area is 134 Å². The van der Waals surface area contributed by atoms with Gasteiger partial charge < -0.3 is 10.6 Å². The van der Waals surface area contributed by atoms with Crippen LogP contribution in [0.4, 0.5) is 8.78 Å². The van der Waals surface area contributed by atoms with Gasteiger partial charge in [0.05, 0.1) is 0 Å². The number of guanidine groups is 1. The molecule has 0 radical (unpaired) electrons. The highest BCUT2D eigenvalue weighted by molar-refractivity contribution is 5.80. The fourth-order valence-corrected chi connectivity index (χ4v) is 2.66. The summed E-state index contributed by atoms with van der Waals surface area (Å²) in [5.74, 6) is 0.336. The number of aliphatic imine (C=N–C) groups is 1. The molecule has 23 heavy (non-hydrogen) atoms. The second-order valence-electron chi connectivity index (χ2n) is 5.63. The van der Waals surface area contributed by atoms with E-state index in [9.17, 15) is 8.78 Å². The molecule has 2 aromatic rings. The first kappa shape index (κ1) is 15.5. The van der Waals surface area contributed by atoms with Gasteiger partial charge >= 0.3 is 0 Å². The monoisotopic (exact) mass is 315 g/mol. The summed E-state index contributed by atoms with van der Waals surface area (Å²) in [6.45, 7) is 0.351. The molecule has 2 N–H and O–H groups in total. The van der Waals surface area contributed by atoms with Gasteiger partial charge in [0.15, 0.2) is 5.96 Å². The van der Waals surface area contributed by atoms with Gasteiger partial charge in [0, 0.05) is 31.1 Å². The number of hydrogen-bond acceptors (Lipinski definition) is 1. The van der Waals surface area contributed by atoms with Gasteiger partial charge in [0.2, 0.25) is 0 Å². The van der Waals surface area contributed by atoms with E-state index in [0.717, 1.165) is 12.0 Å². The molecule has 0 bridgehead atoms. The van der Waals surface area contributed by atoms with Gasteiger partial charge in [-0.15, -0.1) is 0 Å². The molecule has 0 aromatic heterocycles. The first-order chi connectivity index (χ1) is 11.2. The lowest BCUT2D eigenvalue weighted by atomic mass is 10.1. The van der Waals surface area contributed by atoms with E-state index in [-0.39, 0.29) is 23.6 Å². The molecule has 3 nitrogen and oxygen atoms in total. The molecule has 120 valence electrons. The van der Waals surface area contributed by atoms with Crippen LogP contribution in [0.15, 0.2) is 53.5 Å². The topological polar surface area (TPSA) is 36.4 Å². The average molecular weight is 315 g/mol. The Balaban J connectivity index is 1.56. The number of nitrogens with one attached hydrogen (secondary N) is 2. The van der Waals surface area contributed by atoms with Crippen molar-refractivity contribution < 1.29 is 8.78 Å². The minimum absolute atomic E-state index is 0.152. The zero-order valence-corrected chi connectivity index (χ0v) is 12.9. The third kappa shape index (κ3) is 3.67. The van der Waals surface area contributed by atoms with Crippen molar-refractivity contribution in [3.63, 3.8) is 0 Å². The van der Waals surface area contributed by atoms with Gasteiger partial charge in [-0.1, -0.05) is 36.4 Å². The highest BCUT2D eigenvalue weighted by Gasteiger charge is 2.40. The minimum atomic E-state index is -0.244. The predicted octanol–water partition coefficient (Wildman–Crippen LogP) is 3.19. The number of benzene rings is 2. The quantitative estimate of drug-likeness (QED) is 0.671. The minimum Gasteiger partial charge on any atom is -0.353 e. The van der Waals surface area contributed by atoms with Gasteiger partial charge in [-0.2, -0.15) is 0 Å². The average Bonchev–Trinajstić information content (AvgIpc) is 3.32. The Hall–Kier alpha value is -2.43. The summed E-state index contributed by atoms with van der Waals surface area (Å²) in [5, 5.41) is 6.35. The molecule has 1 saturated carbocycles. The van der Waals surface area contributed by atoms with E-state index < -0.39 is 0 Å². The molecule has 0 heterocycles. The summed E-state index contributed by atoms with van der Waals surface area (Å²) in [5.41, 5.74) is 1.31. The molecule has 1 aliphatic rings. The maximum atomic E-state index is 13.8. The van der Waals surface area contributed by atoms with Gasteiger partial charge in [0.1, 0.15) is 11.6 Å². The third-order valence-corrected chi connectivity index (χ3v) is 4.04. The molecule has 1 fully saturated rings. The fraction of sp³-hybridized carbons (Fsp3) is 0.278. The second kappa shape index (κ2) is 6.77. The van der Waals surface area contributed by atoms with Gasteiger partial charge in [-0.25, -0.2) is 8.78 Å². The van der Waals surface area contributed by atoms with Gasteiger partial charge in [-0.05, 0) is 24.1 Å². The fourth-order valence-electron chi connectivity index (χ4n) is 2.66. The van der Waals surface area contributed by atoms with E-state index in [2.05, 4.69) is 15.6 Å². The van der Waals surface area contributed by atoms with Crippen LogP contribution in [0, 0.1) is 11.6 Å². The van der Waals surface area contributed by atoms with Crippen molar-refractivity contribution >= 4 is 5.96 Å². The molecular formula is C18H19F2N3. The highest BCUT2D eigenvalue weighted by Crippen LogP contribution is 2.41. The highest BCUT2D eigenvalue weighted by atomic mass is 19.1. The molecule has 3 rings (SSSR count). The van der Waals surface area contributed by atoms with Crippen molar-refractivity contribution in [3.05, 3.63) is 71.3 Å². The van der Waals surface area contributed by atoms with Crippen LogP contribution in [0.5, 0.6) is 0 Å². The standard InChI is InChI=1S/C18H19F2N3/c1-21-18(22-11-12-6-2-4-8-15(12)19)23-17-10-14(17)13-7-3-5-9-16(13)20/h2-9,14,17H,10-11H2,1H3,(H2,21,22,23). The molecular weight excluding hydrogens is 296 g/mol. The van der Waals surface area contributed by atoms with Gasteiger partial charge in [-0.3, -0.25) is 4.99 Å². The first-order valence-corrected chi connectivity index (χ1v) is 7.64. The number of rotatable bonds is 4. The largest absolute Gasteiger partial charge is 0.353 e. The van der Waals surface area contributed by atoms with E-state index in [0.29, 0.717) is 18.1 Å². The molecule has 2 aromatic carbocycles. The van der Waals surface area contributed by atoms with Crippen LogP contribution < -0.4 is 10.6 Å². The van der Waals surface area contributed by atoms with Crippen LogP contribution in [0.3, 0.4) is 0 Å². The zero-order valence-electron chi connectivity index (χ0n) is 12.9. The van der Waals surface area contributed by atoms with Crippen LogP contribution in [-0.4, -0.2) is 19.0 Å². The van der Waals surface area contributed by atoms with Crippen LogP contribution in [0.1, 0.15) is 23.5 Å². The molecule has 1 aliphatic carbocycles. The summed E-state index contributed by atoms with van der Waals surface area (Å²) in [4.78, 5) is 4.14. The number of halogens is 2. The van der Waals surface area contributed by atoms with Crippen molar-refractivity contribution in [3.8, 4) is 0 Å². The third-order valence-electron chi connectivity index (χ3n) is 4.04. The SMILES string of the molecule is CN=C(NCc1ccccc1F)NC1CC1c1ccccc1F. The Morgan fingerprint density at radius 1 is 1.09 bits per heavy atom. The number of hydrogen-bond donors (Lipinski definition) is 2. The molecule has 0 saturated heterocycles. The molecule has 5 heteroatoms. The van der Waals surface area contributed by atoms with Crippen LogP contribution in [-0.2, 0) is 6.54 Å². The maximum Gasteiger partial charge on any atom is 0.191 e. The Morgan fingerprint density at radius 2 is 1.78 bits per heavy atom. The van der Waals surface area contributed by atoms with Gasteiger partial charge in [0.25, 0.3) is 0 Å². The summed E-state index contributed by atoms with van der Waals surface area (Å²) < 4.78 is 27.4. The van der Waals surface area contributed by atoms with Crippen LogP contribution >= 0.6 is 0 Å². The van der Waals surface area contributed by atoms with E-state index in [1.54, 1.807) is 31.3 Å². The van der Waals surface area contributed by atoms with Crippen molar-refractivity contribution in [2.75, 3.05) is 7.05 Å². The molecule has 2 atom stereocenters. The lowest BCUT2D eigenvalue weighted by Gasteiger charge is -2.12. The smallest absolute Gasteiger partial charge is 0.191 e. The molecule has 0 aliphatic heterocycles. The molecule has 0 spiro atoms. The Kier molecular flexibility index (Phi) is 4.55. The van der Waals surface area contributed by atoms with Crippen molar-refractivity contribution in [2.45, 2.75) is 24.9 Å². The lowest BCUT2D eigenvalue weighted by molar-refractivity contribution is 0.603. The van der Waals surface area contributed by atoms with Crippen molar-refractivity contribution in [1.29, 1.82) is 0 Å². The van der Waals surface area contributed by atoms with Crippen LogP contribution in [0.2, 0.25) is 0 Å². The summed E-state index contributed by atoms with van der Waals surface area (Å²) in [6.07, 6.45) is 0.862. The van der Waals surface area contributed by atoms with Crippen molar-refractivity contribution in [2.24, 2.45) is 4.99 Å².